The lowest BCUT2D eigenvalue weighted by atomic mass is 10.2. The Labute approximate surface area is 112 Å². The molecule has 0 spiro atoms. The van der Waals surface area contributed by atoms with Crippen LogP contribution in [0.1, 0.15) is 32.7 Å². The first-order valence-electron chi connectivity index (χ1n) is 6.29. The molecule has 100 valence electrons. The van der Waals surface area contributed by atoms with E-state index in [4.69, 9.17) is 4.52 Å². The number of aromatic nitrogens is 2. The van der Waals surface area contributed by atoms with E-state index in [1.165, 1.54) is 6.92 Å². The third-order valence-corrected chi connectivity index (χ3v) is 3.04. The number of carbonyl (C=O) groups is 1. The molecule has 0 aliphatic heterocycles. The average molecular weight is 259 g/mol. The van der Waals surface area contributed by atoms with E-state index in [0.29, 0.717) is 18.3 Å². The first-order chi connectivity index (χ1) is 9.13. The summed E-state index contributed by atoms with van der Waals surface area (Å²) in [6.07, 6.45) is 0. The Bertz CT molecular complexity index is 551. The second kappa shape index (κ2) is 5.65. The van der Waals surface area contributed by atoms with Gasteiger partial charge in [-0.2, -0.15) is 4.98 Å². The highest BCUT2D eigenvalue weighted by Gasteiger charge is 2.22. The molecule has 0 N–H and O–H groups in total. The van der Waals surface area contributed by atoms with E-state index in [2.05, 4.69) is 10.1 Å². The van der Waals surface area contributed by atoms with Gasteiger partial charge in [-0.05, 0) is 13.8 Å². The van der Waals surface area contributed by atoms with Gasteiger partial charge in [0.05, 0.1) is 0 Å². The van der Waals surface area contributed by atoms with Gasteiger partial charge in [-0.1, -0.05) is 35.5 Å². The molecule has 0 bridgehead atoms. The average Bonchev–Trinajstić information content (AvgIpc) is 2.89. The number of carbonyl (C=O) groups excluding carboxylic acids is 1. The van der Waals surface area contributed by atoms with Gasteiger partial charge in [0.1, 0.15) is 6.04 Å². The molecule has 2 aromatic rings. The Morgan fingerprint density at radius 1 is 1.37 bits per heavy atom. The summed E-state index contributed by atoms with van der Waals surface area (Å²) >= 11 is 0. The number of amides is 1. The molecule has 5 nitrogen and oxygen atoms in total. The van der Waals surface area contributed by atoms with Crippen LogP contribution in [0.2, 0.25) is 0 Å². The van der Waals surface area contributed by atoms with Gasteiger partial charge in [-0.25, -0.2) is 0 Å². The lowest BCUT2D eigenvalue weighted by Gasteiger charge is -2.23. The molecule has 0 fully saturated rings. The molecular formula is C14H17N3O2. The van der Waals surface area contributed by atoms with Crippen LogP contribution in [-0.2, 0) is 4.79 Å². The fourth-order valence-corrected chi connectivity index (χ4v) is 2.01. The van der Waals surface area contributed by atoms with Crippen LogP contribution in [0.4, 0.5) is 0 Å². The van der Waals surface area contributed by atoms with Crippen LogP contribution in [-0.4, -0.2) is 27.5 Å². The van der Waals surface area contributed by atoms with Crippen LogP contribution < -0.4 is 0 Å². The minimum atomic E-state index is -0.215. The van der Waals surface area contributed by atoms with Gasteiger partial charge in [-0.15, -0.1) is 0 Å². The smallest absolute Gasteiger partial charge is 0.249 e. The van der Waals surface area contributed by atoms with Crippen molar-refractivity contribution in [3.05, 3.63) is 36.2 Å². The van der Waals surface area contributed by atoms with Gasteiger partial charge in [0.25, 0.3) is 0 Å². The fraction of sp³-hybridized carbons (Fsp3) is 0.357. The van der Waals surface area contributed by atoms with Crippen molar-refractivity contribution in [1.82, 2.24) is 15.0 Å². The first kappa shape index (κ1) is 13.3. The summed E-state index contributed by atoms with van der Waals surface area (Å²) in [5.74, 6) is 0.993. The highest BCUT2D eigenvalue weighted by Crippen LogP contribution is 2.22. The Balaban J connectivity index is 2.24. The van der Waals surface area contributed by atoms with Crippen molar-refractivity contribution in [2.24, 2.45) is 0 Å². The molecule has 5 heteroatoms. The van der Waals surface area contributed by atoms with Gasteiger partial charge < -0.3 is 9.42 Å². The molecule has 0 aliphatic rings. The van der Waals surface area contributed by atoms with Crippen LogP contribution >= 0.6 is 0 Å². The topological polar surface area (TPSA) is 59.2 Å². The Hall–Kier alpha value is -2.17. The normalized spacial score (nSPS) is 12.2. The van der Waals surface area contributed by atoms with Crippen LogP contribution in [0.5, 0.6) is 0 Å². The first-order valence-corrected chi connectivity index (χ1v) is 6.29. The lowest BCUT2D eigenvalue weighted by Crippen LogP contribution is -2.31. The summed E-state index contributed by atoms with van der Waals surface area (Å²) in [5.41, 5.74) is 0.899. The van der Waals surface area contributed by atoms with Crippen molar-refractivity contribution < 1.29 is 9.32 Å². The molecule has 19 heavy (non-hydrogen) atoms. The maximum absolute atomic E-state index is 11.5. The number of benzene rings is 1. The van der Waals surface area contributed by atoms with Gasteiger partial charge in [-0.3, -0.25) is 4.79 Å². The van der Waals surface area contributed by atoms with E-state index in [0.717, 1.165) is 5.56 Å². The zero-order valence-corrected chi connectivity index (χ0v) is 11.3. The third kappa shape index (κ3) is 2.81. The number of nitrogens with zero attached hydrogens (tertiary/aromatic N) is 3. The molecule has 1 heterocycles. The fourth-order valence-electron chi connectivity index (χ4n) is 2.01. The van der Waals surface area contributed by atoms with E-state index in [-0.39, 0.29) is 11.9 Å². The van der Waals surface area contributed by atoms with Gasteiger partial charge in [0.2, 0.25) is 17.6 Å². The monoisotopic (exact) mass is 259 g/mol. The second-order valence-corrected chi connectivity index (χ2v) is 4.30. The van der Waals surface area contributed by atoms with Crippen LogP contribution in [0.3, 0.4) is 0 Å². The SMILES string of the molecule is CCN(C(C)=O)[C@H](C)c1nc(-c2ccccc2)no1. The van der Waals surface area contributed by atoms with Crippen molar-refractivity contribution in [2.75, 3.05) is 6.54 Å². The molecule has 1 aromatic heterocycles. The minimum absolute atomic E-state index is 0.00513. The minimum Gasteiger partial charge on any atom is -0.337 e. The summed E-state index contributed by atoms with van der Waals surface area (Å²) < 4.78 is 5.26. The molecule has 1 aromatic carbocycles. The molecule has 0 saturated carbocycles. The highest BCUT2D eigenvalue weighted by molar-refractivity contribution is 5.73. The van der Waals surface area contributed by atoms with E-state index >= 15 is 0 Å². The Morgan fingerprint density at radius 2 is 2.05 bits per heavy atom. The summed E-state index contributed by atoms with van der Waals surface area (Å²) in [4.78, 5) is 17.5. The third-order valence-electron chi connectivity index (χ3n) is 3.04. The molecular weight excluding hydrogens is 242 g/mol. The van der Waals surface area contributed by atoms with E-state index in [1.54, 1.807) is 4.90 Å². The Kier molecular flexibility index (Phi) is 3.94. The van der Waals surface area contributed by atoms with Crippen molar-refractivity contribution in [1.29, 1.82) is 0 Å². The molecule has 0 saturated heterocycles. The second-order valence-electron chi connectivity index (χ2n) is 4.30. The van der Waals surface area contributed by atoms with Crippen LogP contribution in [0, 0.1) is 0 Å². The van der Waals surface area contributed by atoms with Crippen molar-refractivity contribution >= 4 is 5.91 Å². The predicted octanol–water partition coefficient (Wildman–Crippen LogP) is 2.67. The summed E-state index contributed by atoms with van der Waals surface area (Å²) in [7, 11) is 0. The van der Waals surface area contributed by atoms with Gasteiger partial charge >= 0.3 is 0 Å². The highest BCUT2D eigenvalue weighted by atomic mass is 16.5. The zero-order valence-electron chi connectivity index (χ0n) is 11.3. The molecule has 2 rings (SSSR count). The summed E-state index contributed by atoms with van der Waals surface area (Å²) in [5, 5.41) is 3.96. The van der Waals surface area contributed by atoms with Crippen LogP contribution in [0.25, 0.3) is 11.4 Å². The van der Waals surface area contributed by atoms with Crippen LogP contribution in [0.15, 0.2) is 34.9 Å². The standard InChI is InChI=1S/C14H17N3O2/c1-4-17(11(3)18)10(2)14-15-13(16-19-14)12-8-6-5-7-9-12/h5-10H,4H2,1-3H3/t10-/m1/s1. The molecule has 0 radical (unpaired) electrons. The molecule has 1 atom stereocenters. The van der Waals surface area contributed by atoms with Gasteiger partial charge in [0.15, 0.2) is 0 Å². The molecule has 0 unspecified atom stereocenters. The van der Waals surface area contributed by atoms with Crippen molar-refractivity contribution in [2.45, 2.75) is 26.8 Å². The molecule has 0 aliphatic carbocycles. The maximum Gasteiger partial charge on any atom is 0.249 e. The zero-order chi connectivity index (χ0) is 13.8. The van der Waals surface area contributed by atoms with E-state index in [9.17, 15) is 4.79 Å². The largest absolute Gasteiger partial charge is 0.337 e. The molecule has 1 amide bonds. The number of hydrogen-bond donors (Lipinski definition) is 0. The number of hydrogen-bond acceptors (Lipinski definition) is 4. The van der Waals surface area contributed by atoms with Crippen molar-refractivity contribution in [3.63, 3.8) is 0 Å². The van der Waals surface area contributed by atoms with Gasteiger partial charge in [0, 0.05) is 19.0 Å². The van der Waals surface area contributed by atoms with E-state index < -0.39 is 0 Å². The maximum atomic E-state index is 11.5. The van der Waals surface area contributed by atoms with Crippen molar-refractivity contribution in [3.8, 4) is 11.4 Å². The number of rotatable bonds is 4. The Morgan fingerprint density at radius 3 is 2.63 bits per heavy atom. The van der Waals surface area contributed by atoms with E-state index in [1.807, 2.05) is 44.2 Å². The quantitative estimate of drug-likeness (QED) is 0.847. The summed E-state index contributed by atoms with van der Waals surface area (Å²) in [6.45, 7) is 5.95. The predicted molar refractivity (Wildman–Crippen MR) is 71.2 cm³/mol. The summed E-state index contributed by atoms with van der Waals surface area (Å²) in [6, 6.07) is 9.39. The lowest BCUT2D eigenvalue weighted by molar-refractivity contribution is -0.131.